The Morgan fingerprint density at radius 1 is 1.19 bits per heavy atom. The lowest BCUT2D eigenvalue weighted by molar-refractivity contribution is 0.209. The Balaban J connectivity index is 1.000. The van der Waals surface area contributed by atoms with E-state index in [-0.39, 0.29) is 0 Å². The van der Waals surface area contributed by atoms with Crippen molar-refractivity contribution in [2.24, 2.45) is 0 Å². The fourth-order valence-electron chi connectivity index (χ4n) is 5.26. The maximum atomic E-state index is 5.94. The highest BCUT2D eigenvalue weighted by atomic mass is 16.5. The Bertz CT molecular complexity index is 1230. The number of hydrogen-bond donors (Lipinski definition) is 1. The van der Waals surface area contributed by atoms with Gasteiger partial charge in [0.05, 0.1) is 12.3 Å². The number of unbranched alkanes of at least 4 members (excludes halogenated alkanes) is 1. The van der Waals surface area contributed by atoms with Crippen LogP contribution >= 0.6 is 0 Å². The highest BCUT2D eigenvalue weighted by Crippen LogP contribution is 2.37. The van der Waals surface area contributed by atoms with Crippen LogP contribution in [0, 0.1) is 6.92 Å². The zero-order valence-corrected chi connectivity index (χ0v) is 17.9. The average molecular weight is 417 g/mol. The van der Waals surface area contributed by atoms with Gasteiger partial charge in [0.15, 0.2) is 5.58 Å². The summed E-state index contributed by atoms with van der Waals surface area (Å²) in [5.41, 5.74) is 5.87. The molecule has 0 spiro atoms. The molecule has 4 heterocycles. The summed E-state index contributed by atoms with van der Waals surface area (Å²) in [6.07, 6.45) is 5.56. The average Bonchev–Trinajstić information content (AvgIpc) is 3.38. The summed E-state index contributed by atoms with van der Waals surface area (Å²) >= 11 is 0. The zero-order valence-electron chi connectivity index (χ0n) is 17.9. The molecule has 1 saturated heterocycles. The van der Waals surface area contributed by atoms with Gasteiger partial charge in [-0.2, -0.15) is 0 Å². The van der Waals surface area contributed by atoms with Gasteiger partial charge < -0.3 is 19.1 Å². The second kappa shape index (κ2) is 7.61. The number of aryl methyl sites for hydroxylation is 1. The van der Waals surface area contributed by atoms with E-state index in [1.165, 1.54) is 22.2 Å². The van der Waals surface area contributed by atoms with Crippen molar-refractivity contribution in [1.29, 1.82) is 0 Å². The molecule has 4 aromatic rings. The van der Waals surface area contributed by atoms with Gasteiger partial charge in [-0.15, -0.1) is 0 Å². The first kappa shape index (κ1) is 18.8. The maximum absolute atomic E-state index is 5.94. The molecular formula is C25H28N4O2. The van der Waals surface area contributed by atoms with E-state index >= 15 is 0 Å². The molecule has 6 nitrogen and oxygen atoms in total. The van der Waals surface area contributed by atoms with E-state index < -0.39 is 0 Å². The van der Waals surface area contributed by atoms with E-state index in [9.17, 15) is 0 Å². The fraction of sp³-hybridized carbons (Fsp3) is 0.400. The van der Waals surface area contributed by atoms with Crippen molar-refractivity contribution in [3.63, 3.8) is 0 Å². The Morgan fingerprint density at radius 3 is 3.13 bits per heavy atom. The number of benzene rings is 2. The van der Waals surface area contributed by atoms with E-state index in [0.29, 0.717) is 6.04 Å². The number of ether oxygens (including phenoxy) is 1. The lowest BCUT2D eigenvalue weighted by atomic mass is 9.94. The zero-order chi connectivity index (χ0) is 20.8. The number of fused-ring (bicyclic) bond motifs is 3. The molecule has 0 radical (unpaired) electrons. The van der Waals surface area contributed by atoms with E-state index in [4.69, 9.17) is 9.26 Å². The van der Waals surface area contributed by atoms with Crippen LogP contribution in [-0.2, 0) is 6.42 Å². The molecule has 31 heavy (non-hydrogen) atoms. The number of hydrogen-bond acceptors (Lipinski definition) is 5. The number of nitrogens with zero attached hydrogens (tertiary/aromatic N) is 3. The SMILES string of the molecule is Cc1noc2cc(OCCCCN3CCN4c5cccc6[nH]cc(c56)CC4C3)ccc12. The van der Waals surface area contributed by atoms with Crippen LogP contribution in [0.5, 0.6) is 5.75 Å². The van der Waals surface area contributed by atoms with Crippen LogP contribution < -0.4 is 9.64 Å². The molecule has 0 amide bonds. The topological polar surface area (TPSA) is 57.5 Å². The molecule has 6 rings (SSSR count). The van der Waals surface area contributed by atoms with Crippen molar-refractivity contribution >= 4 is 27.6 Å². The number of nitrogens with one attached hydrogen (secondary N) is 1. The van der Waals surface area contributed by atoms with E-state index in [1.54, 1.807) is 0 Å². The Labute approximate surface area is 181 Å². The van der Waals surface area contributed by atoms with Crippen LogP contribution in [0.3, 0.4) is 0 Å². The molecule has 1 N–H and O–H groups in total. The van der Waals surface area contributed by atoms with E-state index in [0.717, 1.165) is 74.5 Å². The third kappa shape index (κ3) is 3.35. The second-order valence-corrected chi connectivity index (χ2v) is 8.85. The first-order valence-electron chi connectivity index (χ1n) is 11.3. The first-order valence-corrected chi connectivity index (χ1v) is 11.3. The van der Waals surface area contributed by atoms with E-state index in [1.807, 2.05) is 25.1 Å². The van der Waals surface area contributed by atoms with Crippen molar-refractivity contribution < 1.29 is 9.26 Å². The highest BCUT2D eigenvalue weighted by Gasteiger charge is 2.32. The first-order chi connectivity index (χ1) is 15.3. The smallest absolute Gasteiger partial charge is 0.170 e. The van der Waals surface area contributed by atoms with Crippen molar-refractivity contribution in [3.05, 3.63) is 53.9 Å². The van der Waals surface area contributed by atoms with Crippen LogP contribution in [0.2, 0.25) is 0 Å². The number of rotatable bonds is 6. The van der Waals surface area contributed by atoms with E-state index in [2.05, 4.69) is 44.3 Å². The molecule has 0 saturated carbocycles. The third-order valence-corrected chi connectivity index (χ3v) is 6.86. The standard InChI is InChI=1S/C25H28N4O2/c1-17-21-8-7-20(14-24(21)31-27-17)30-12-3-2-9-28-10-11-29-19(16-28)13-18-15-26-22-5-4-6-23(29)25(18)22/h4-8,14-15,19,26H,2-3,9-13,16H2,1H3. The monoisotopic (exact) mass is 416 g/mol. The molecule has 2 aromatic heterocycles. The van der Waals surface area contributed by atoms with Crippen molar-refractivity contribution in [1.82, 2.24) is 15.0 Å². The predicted octanol–water partition coefficient (Wildman–Crippen LogP) is 4.52. The van der Waals surface area contributed by atoms with Crippen molar-refractivity contribution in [2.45, 2.75) is 32.2 Å². The number of aromatic nitrogens is 2. The van der Waals surface area contributed by atoms with Crippen LogP contribution in [0.15, 0.2) is 47.1 Å². The second-order valence-electron chi connectivity index (χ2n) is 8.85. The minimum atomic E-state index is 0.580. The summed E-state index contributed by atoms with van der Waals surface area (Å²) < 4.78 is 11.3. The Kier molecular flexibility index (Phi) is 4.60. The number of H-pyrrole nitrogens is 1. The molecule has 2 aliphatic rings. The van der Waals surface area contributed by atoms with Crippen molar-refractivity contribution in [2.75, 3.05) is 37.7 Å². The molecule has 1 unspecified atom stereocenters. The van der Waals surface area contributed by atoms with Gasteiger partial charge in [-0.1, -0.05) is 11.2 Å². The molecule has 0 bridgehead atoms. The van der Waals surface area contributed by atoms with Gasteiger partial charge in [0, 0.05) is 59.9 Å². The lowest BCUT2D eigenvalue weighted by Crippen LogP contribution is -2.55. The molecule has 6 heteroatoms. The van der Waals surface area contributed by atoms with Gasteiger partial charge in [0.1, 0.15) is 5.75 Å². The summed E-state index contributed by atoms with van der Waals surface area (Å²) in [7, 11) is 0. The molecule has 2 aliphatic heterocycles. The predicted molar refractivity (Wildman–Crippen MR) is 123 cm³/mol. The molecule has 1 atom stereocenters. The van der Waals surface area contributed by atoms with Gasteiger partial charge >= 0.3 is 0 Å². The number of piperazine rings is 1. The molecule has 2 aromatic carbocycles. The number of anilines is 1. The normalized spacial score (nSPS) is 18.6. The fourth-order valence-corrected chi connectivity index (χ4v) is 5.26. The minimum Gasteiger partial charge on any atom is -0.493 e. The minimum absolute atomic E-state index is 0.580. The summed E-state index contributed by atoms with van der Waals surface area (Å²) in [4.78, 5) is 8.71. The van der Waals surface area contributed by atoms with Crippen LogP contribution in [0.1, 0.15) is 24.1 Å². The van der Waals surface area contributed by atoms with Crippen LogP contribution in [0.4, 0.5) is 5.69 Å². The van der Waals surface area contributed by atoms with Crippen LogP contribution in [-0.4, -0.2) is 53.9 Å². The molecule has 1 fully saturated rings. The molecular weight excluding hydrogens is 388 g/mol. The van der Waals surface area contributed by atoms with Gasteiger partial charge in [0.2, 0.25) is 0 Å². The third-order valence-electron chi connectivity index (χ3n) is 6.86. The molecule has 0 aliphatic carbocycles. The highest BCUT2D eigenvalue weighted by molar-refractivity contribution is 5.97. The number of aromatic amines is 1. The maximum Gasteiger partial charge on any atom is 0.170 e. The molecule has 160 valence electrons. The van der Waals surface area contributed by atoms with Gasteiger partial charge in [-0.25, -0.2) is 0 Å². The lowest BCUT2D eigenvalue weighted by Gasteiger charge is -2.45. The Morgan fingerprint density at radius 2 is 2.16 bits per heavy atom. The summed E-state index contributed by atoms with van der Waals surface area (Å²) in [6, 6.07) is 13.2. The van der Waals surface area contributed by atoms with Gasteiger partial charge in [0.25, 0.3) is 0 Å². The Hall–Kier alpha value is -2.99. The van der Waals surface area contributed by atoms with Crippen LogP contribution in [0.25, 0.3) is 21.9 Å². The van der Waals surface area contributed by atoms with Gasteiger partial charge in [-0.05, 0) is 62.6 Å². The quantitative estimate of drug-likeness (QED) is 0.468. The largest absolute Gasteiger partial charge is 0.493 e. The van der Waals surface area contributed by atoms with Gasteiger partial charge in [-0.3, -0.25) is 4.90 Å². The summed E-state index contributed by atoms with van der Waals surface area (Å²) in [6.45, 7) is 7.21. The summed E-state index contributed by atoms with van der Waals surface area (Å²) in [5, 5.41) is 6.49. The summed E-state index contributed by atoms with van der Waals surface area (Å²) in [5.74, 6) is 0.857. The van der Waals surface area contributed by atoms with Crippen molar-refractivity contribution in [3.8, 4) is 5.75 Å².